The third kappa shape index (κ3) is 4.60. The summed E-state index contributed by atoms with van der Waals surface area (Å²) in [5.74, 6) is 0. The Morgan fingerprint density at radius 1 is 0.350 bits per heavy atom. The minimum atomic E-state index is -0.0911. The lowest BCUT2D eigenvalue weighted by Gasteiger charge is -2.21. The van der Waals surface area contributed by atoms with Crippen LogP contribution in [-0.2, 0) is 5.41 Å². The molecular weight excluding hydrogens is 729 g/mol. The van der Waals surface area contributed by atoms with Gasteiger partial charge in [-0.3, -0.25) is 0 Å². The highest BCUT2D eigenvalue weighted by atomic mass is 16.3. The molecule has 9 aromatic carbocycles. The predicted octanol–water partition coefficient (Wildman–Crippen LogP) is 15.4. The molecule has 0 saturated carbocycles. The van der Waals surface area contributed by atoms with Gasteiger partial charge in [0, 0.05) is 49.1 Å². The molecule has 0 amide bonds. The number of hydrogen-bond donors (Lipinski definition) is 0. The third-order valence-corrected chi connectivity index (χ3v) is 13.3. The summed E-state index contributed by atoms with van der Waals surface area (Å²) in [6.07, 6.45) is 0. The van der Waals surface area contributed by atoms with Crippen LogP contribution in [0, 0.1) is 0 Å². The van der Waals surface area contributed by atoms with Gasteiger partial charge in [0.2, 0.25) is 0 Å². The molecule has 282 valence electrons. The van der Waals surface area contributed by atoms with Crippen molar-refractivity contribution in [1.29, 1.82) is 0 Å². The summed E-state index contributed by atoms with van der Waals surface area (Å²) < 4.78 is 11.4. The van der Waals surface area contributed by atoms with E-state index < -0.39 is 0 Å². The quantitative estimate of drug-likeness (QED) is 0.175. The molecule has 3 aromatic heterocycles. The Balaban J connectivity index is 1.01. The average Bonchev–Trinajstić information content (AvgIpc) is 4.00. The SMILES string of the molecule is CC1(C)c2ccccc2-c2cc3c4cc(-c5cccc6oc7ccc(-c8ccc9c%10ccccc%10n(-c%10ccccc%10)c9c8)cc7c56)ccc4n(-c4ccccc4)c3cc21. The first kappa shape index (κ1) is 33.4. The van der Waals surface area contributed by atoms with Gasteiger partial charge in [0.1, 0.15) is 11.2 Å². The number of nitrogens with zero attached hydrogens (tertiary/aromatic N) is 2. The Kier molecular flexibility index (Phi) is 6.78. The minimum absolute atomic E-state index is 0.0911. The van der Waals surface area contributed by atoms with Crippen LogP contribution in [0.1, 0.15) is 25.0 Å². The van der Waals surface area contributed by atoms with E-state index in [0.717, 1.165) is 38.9 Å². The number of aromatic nitrogens is 2. The van der Waals surface area contributed by atoms with Crippen LogP contribution >= 0.6 is 0 Å². The molecule has 1 aliphatic rings. The molecule has 3 nitrogen and oxygen atoms in total. The van der Waals surface area contributed by atoms with Gasteiger partial charge in [-0.2, -0.15) is 0 Å². The van der Waals surface area contributed by atoms with Crippen molar-refractivity contribution in [2.45, 2.75) is 19.3 Å². The molecule has 0 radical (unpaired) electrons. The maximum absolute atomic E-state index is 6.61. The number of rotatable bonds is 4. The Hall–Kier alpha value is -7.62. The maximum Gasteiger partial charge on any atom is 0.136 e. The van der Waals surface area contributed by atoms with E-state index in [1.165, 1.54) is 82.6 Å². The van der Waals surface area contributed by atoms with E-state index in [4.69, 9.17) is 4.42 Å². The van der Waals surface area contributed by atoms with Crippen molar-refractivity contribution in [1.82, 2.24) is 9.13 Å². The highest BCUT2D eigenvalue weighted by molar-refractivity contribution is 6.17. The zero-order valence-corrected chi connectivity index (χ0v) is 33.3. The van der Waals surface area contributed by atoms with Crippen molar-refractivity contribution in [3.63, 3.8) is 0 Å². The van der Waals surface area contributed by atoms with Gasteiger partial charge in [-0.05, 0) is 123 Å². The zero-order chi connectivity index (χ0) is 39.7. The van der Waals surface area contributed by atoms with Crippen molar-refractivity contribution < 1.29 is 4.42 Å². The van der Waals surface area contributed by atoms with Crippen molar-refractivity contribution in [3.05, 3.63) is 205 Å². The van der Waals surface area contributed by atoms with Crippen molar-refractivity contribution in [2.75, 3.05) is 0 Å². The summed E-state index contributed by atoms with van der Waals surface area (Å²) in [4.78, 5) is 0. The molecule has 0 bridgehead atoms. The second kappa shape index (κ2) is 12.2. The second-order valence-electron chi connectivity index (χ2n) is 16.9. The molecule has 60 heavy (non-hydrogen) atoms. The monoisotopic (exact) mass is 766 g/mol. The molecule has 0 saturated heterocycles. The van der Waals surface area contributed by atoms with Crippen molar-refractivity contribution in [2.24, 2.45) is 0 Å². The number of furan rings is 1. The van der Waals surface area contributed by atoms with Crippen LogP contribution in [0.25, 0.3) is 110 Å². The minimum Gasteiger partial charge on any atom is -0.456 e. The van der Waals surface area contributed by atoms with Gasteiger partial charge in [0.25, 0.3) is 0 Å². The Bertz CT molecular complexity index is 3730. The first-order valence-corrected chi connectivity index (χ1v) is 20.8. The fourth-order valence-corrected chi connectivity index (χ4v) is 10.5. The molecule has 0 unspecified atom stereocenters. The highest BCUT2D eigenvalue weighted by Crippen LogP contribution is 2.51. The third-order valence-electron chi connectivity index (χ3n) is 13.3. The first-order valence-electron chi connectivity index (χ1n) is 20.8. The van der Waals surface area contributed by atoms with E-state index >= 15 is 0 Å². The fraction of sp³-hybridized carbons (Fsp3) is 0.0526. The average molecular weight is 767 g/mol. The topological polar surface area (TPSA) is 23.0 Å². The summed E-state index contributed by atoms with van der Waals surface area (Å²) in [7, 11) is 0. The van der Waals surface area contributed by atoms with Gasteiger partial charge >= 0.3 is 0 Å². The molecule has 0 N–H and O–H groups in total. The van der Waals surface area contributed by atoms with E-state index in [2.05, 4.69) is 217 Å². The molecular formula is C57H38N2O. The van der Waals surface area contributed by atoms with Gasteiger partial charge in [-0.1, -0.05) is 129 Å². The standard InChI is InChI=1S/C57H38N2O/c1-57(2)48-21-11-9-18-41(48)44-33-46-45-31-37(25-28-51(45)59(53(46)34-49(44)57)39-16-7-4-8-17-39)40-20-13-23-55-56(40)47-30-35(26-29-54(47)60-55)36-24-27-43-42-19-10-12-22-50(42)58(52(43)32-36)38-14-5-3-6-15-38/h3-34H,1-2H3. The molecule has 12 aromatic rings. The Morgan fingerprint density at radius 2 is 0.950 bits per heavy atom. The van der Waals surface area contributed by atoms with E-state index in [0.29, 0.717) is 0 Å². The van der Waals surface area contributed by atoms with Crippen molar-refractivity contribution >= 4 is 65.6 Å². The van der Waals surface area contributed by atoms with Crippen LogP contribution in [0.3, 0.4) is 0 Å². The fourth-order valence-electron chi connectivity index (χ4n) is 10.5. The van der Waals surface area contributed by atoms with Gasteiger partial charge in [-0.25, -0.2) is 0 Å². The summed E-state index contributed by atoms with van der Waals surface area (Å²) in [5.41, 5.74) is 18.9. The van der Waals surface area contributed by atoms with Crippen LogP contribution in [0.4, 0.5) is 0 Å². The lowest BCUT2D eigenvalue weighted by atomic mass is 9.82. The molecule has 0 atom stereocenters. The number of hydrogen-bond acceptors (Lipinski definition) is 1. The molecule has 0 fully saturated rings. The summed E-state index contributed by atoms with van der Waals surface area (Å²) in [6.45, 7) is 4.72. The normalized spacial score (nSPS) is 13.3. The predicted molar refractivity (Wildman–Crippen MR) is 251 cm³/mol. The van der Waals surface area contributed by atoms with Crippen LogP contribution in [0.5, 0.6) is 0 Å². The molecule has 13 rings (SSSR count). The molecule has 3 heteroatoms. The summed E-state index contributed by atoms with van der Waals surface area (Å²) in [6, 6.07) is 71.1. The maximum atomic E-state index is 6.61. The molecule has 3 heterocycles. The second-order valence-corrected chi connectivity index (χ2v) is 16.9. The molecule has 0 aliphatic heterocycles. The number of fused-ring (bicyclic) bond motifs is 12. The Labute approximate surface area is 347 Å². The smallest absolute Gasteiger partial charge is 0.136 e. The number of para-hydroxylation sites is 3. The van der Waals surface area contributed by atoms with E-state index in [1.54, 1.807) is 0 Å². The zero-order valence-electron chi connectivity index (χ0n) is 33.3. The van der Waals surface area contributed by atoms with Gasteiger partial charge in [-0.15, -0.1) is 0 Å². The molecule has 0 spiro atoms. The van der Waals surface area contributed by atoms with E-state index in [-0.39, 0.29) is 5.41 Å². The number of benzene rings is 9. The van der Waals surface area contributed by atoms with E-state index in [9.17, 15) is 0 Å². The van der Waals surface area contributed by atoms with Crippen LogP contribution in [0.15, 0.2) is 199 Å². The van der Waals surface area contributed by atoms with Crippen LogP contribution < -0.4 is 0 Å². The van der Waals surface area contributed by atoms with Gasteiger partial charge in [0.05, 0.1) is 22.1 Å². The molecule has 1 aliphatic carbocycles. The lowest BCUT2D eigenvalue weighted by molar-refractivity contribution is 0.661. The lowest BCUT2D eigenvalue weighted by Crippen LogP contribution is -2.14. The van der Waals surface area contributed by atoms with E-state index in [1.807, 2.05) is 0 Å². The van der Waals surface area contributed by atoms with Gasteiger partial charge < -0.3 is 13.6 Å². The largest absolute Gasteiger partial charge is 0.456 e. The first-order chi connectivity index (χ1) is 29.5. The van der Waals surface area contributed by atoms with Gasteiger partial charge in [0.15, 0.2) is 0 Å². The van der Waals surface area contributed by atoms with Crippen molar-refractivity contribution in [3.8, 4) is 44.8 Å². The van der Waals surface area contributed by atoms with Crippen LogP contribution in [0.2, 0.25) is 0 Å². The summed E-state index contributed by atoms with van der Waals surface area (Å²) in [5, 5.41) is 7.26. The summed E-state index contributed by atoms with van der Waals surface area (Å²) >= 11 is 0. The van der Waals surface area contributed by atoms with Crippen LogP contribution in [-0.4, -0.2) is 9.13 Å². The Morgan fingerprint density at radius 3 is 1.77 bits per heavy atom. The highest BCUT2D eigenvalue weighted by Gasteiger charge is 2.36.